The summed E-state index contributed by atoms with van der Waals surface area (Å²) in [5.41, 5.74) is 10.6. The average Bonchev–Trinajstić information content (AvgIpc) is 3.76. The molecule has 2 aromatic heterocycles. The molecule has 0 unspecified atom stereocenters. The Morgan fingerprint density at radius 1 is 0.255 bits per heavy atom. The standard InChI is InChI=1S/C48H31NS2/c1-2-11-32(12-3-1)33-13-8-16-38(27-33)49(39-17-9-14-34(28-39)36-23-25-47-43(30-36)41-19-4-6-21-45(41)50-47)40-18-10-15-35(29-40)37-24-26-48-44(31-37)42-20-5-7-22-46(42)51-48/h1-31H. The van der Waals surface area contributed by atoms with Crippen LogP contribution in [0.4, 0.5) is 17.1 Å². The van der Waals surface area contributed by atoms with Crippen molar-refractivity contribution in [3.63, 3.8) is 0 Å². The molecule has 0 aliphatic rings. The second-order valence-corrected chi connectivity index (χ2v) is 15.1. The van der Waals surface area contributed by atoms with Gasteiger partial charge in [0, 0.05) is 57.4 Å². The molecule has 0 aliphatic carbocycles. The lowest BCUT2D eigenvalue weighted by Gasteiger charge is -2.27. The van der Waals surface area contributed by atoms with Crippen LogP contribution in [0, 0.1) is 0 Å². The van der Waals surface area contributed by atoms with Gasteiger partial charge in [-0.25, -0.2) is 0 Å². The molecule has 0 atom stereocenters. The Kier molecular flexibility index (Phi) is 7.26. The van der Waals surface area contributed by atoms with Crippen LogP contribution >= 0.6 is 22.7 Å². The maximum absolute atomic E-state index is 2.40. The molecule has 0 saturated carbocycles. The topological polar surface area (TPSA) is 3.24 Å². The van der Waals surface area contributed by atoms with Crippen molar-refractivity contribution < 1.29 is 0 Å². The van der Waals surface area contributed by atoms with Gasteiger partial charge >= 0.3 is 0 Å². The van der Waals surface area contributed by atoms with Crippen LogP contribution in [0.3, 0.4) is 0 Å². The Bertz CT molecular complexity index is 2720. The Morgan fingerprint density at radius 2 is 0.627 bits per heavy atom. The molecule has 1 nitrogen and oxygen atoms in total. The summed E-state index contributed by atoms with van der Waals surface area (Å²) in [5, 5.41) is 5.27. The summed E-state index contributed by atoms with van der Waals surface area (Å²) in [6.07, 6.45) is 0. The Hall–Kier alpha value is -6.00. The summed E-state index contributed by atoms with van der Waals surface area (Å²) >= 11 is 3.72. The van der Waals surface area contributed by atoms with Crippen molar-refractivity contribution in [1.82, 2.24) is 0 Å². The van der Waals surface area contributed by atoms with E-state index in [9.17, 15) is 0 Å². The number of rotatable bonds is 6. The average molecular weight is 686 g/mol. The van der Waals surface area contributed by atoms with E-state index in [2.05, 4.69) is 193 Å². The van der Waals surface area contributed by atoms with E-state index < -0.39 is 0 Å². The molecule has 0 N–H and O–H groups in total. The molecule has 51 heavy (non-hydrogen) atoms. The van der Waals surface area contributed by atoms with Crippen molar-refractivity contribution in [2.24, 2.45) is 0 Å². The van der Waals surface area contributed by atoms with Gasteiger partial charge < -0.3 is 4.90 Å². The maximum Gasteiger partial charge on any atom is 0.0467 e. The normalized spacial score (nSPS) is 11.5. The smallest absolute Gasteiger partial charge is 0.0467 e. The van der Waals surface area contributed by atoms with E-state index in [0.717, 1.165) is 17.1 Å². The van der Waals surface area contributed by atoms with Crippen molar-refractivity contribution >= 4 is 80.1 Å². The van der Waals surface area contributed by atoms with E-state index in [1.807, 2.05) is 22.7 Å². The van der Waals surface area contributed by atoms with E-state index >= 15 is 0 Å². The van der Waals surface area contributed by atoms with E-state index in [0.29, 0.717) is 0 Å². The summed E-state index contributed by atoms with van der Waals surface area (Å²) in [4.78, 5) is 2.40. The first-order chi connectivity index (χ1) is 25.2. The van der Waals surface area contributed by atoms with Crippen LogP contribution < -0.4 is 4.90 Å². The second kappa shape index (κ2) is 12.4. The second-order valence-electron chi connectivity index (χ2n) is 13.0. The quantitative estimate of drug-likeness (QED) is 0.168. The highest BCUT2D eigenvalue weighted by molar-refractivity contribution is 7.26. The van der Waals surface area contributed by atoms with Gasteiger partial charge in [-0.3, -0.25) is 0 Å². The molecular formula is C48H31NS2. The molecule has 10 aromatic rings. The molecule has 0 amide bonds. The maximum atomic E-state index is 2.40. The van der Waals surface area contributed by atoms with Crippen molar-refractivity contribution in [1.29, 1.82) is 0 Å². The highest BCUT2D eigenvalue weighted by Crippen LogP contribution is 2.42. The van der Waals surface area contributed by atoms with Crippen molar-refractivity contribution in [2.45, 2.75) is 0 Å². The van der Waals surface area contributed by atoms with Crippen LogP contribution in [-0.2, 0) is 0 Å². The number of nitrogens with zero attached hydrogens (tertiary/aromatic N) is 1. The number of hydrogen-bond acceptors (Lipinski definition) is 3. The molecule has 0 bridgehead atoms. The third-order valence-electron chi connectivity index (χ3n) is 9.84. The summed E-state index contributed by atoms with van der Waals surface area (Å²) in [6, 6.07) is 68.8. The van der Waals surface area contributed by atoms with Crippen LogP contribution in [0.15, 0.2) is 188 Å². The minimum atomic E-state index is 1.12. The van der Waals surface area contributed by atoms with Crippen LogP contribution in [0.2, 0.25) is 0 Å². The van der Waals surface area contributed by atoms with Crippen LogP contribution in [0.5, 0.6) is 0 Å². The molecule has 2 heterocycles. The lowest BCUT2D eigenvalue weighted by molar-refractivity contribution is 1.28. The van der Waals surface area contributed by atoms with Gasteiger partial charge in [0.15, 0.2) is 0 Å². The molecular weight excluding hydrogens is 655 g/mol. The molecule has 0 aliphatic heterocycles. The van der Waals surface area contributed by atoms with Gasteiger partial charge in [-0.05, 0) is 106 Å². The first-order valence-corrected chi connectivity index (χ1v) is 18.9. The Morgan fingerprint density at radius 3 is 1.12 bits per heavy atom. The SMILES string of the molecule is c1ccc(-c2cccc(N(c3cccc(-c4ccc5sc6ccccc6c5c4)c3)c3cccc(-c4ccc5sc6ccccc6c5c4)c3)c2)cc1. The number of fused-ring (bicyclic) bond motifs is 6. The fourth-order valence-corrected chi connectivity index (χ4v) is 9.54. The largest absolute Gasteiger partial charge is 0.310 e. The fraction of sp³-hybridized carbons (Fsp3) is 0. The van der Waals surface area contributed by atoms with Gasteiger partial charge in [0.2, 0.25) is 0 Å². The minimum Gasteiger partial charge on any atom is -0.310 e. The molecule has 10 rings (SSSR count). The number of benzene rings is 8. The van der Waals surface area contributed by atoms with Crippen LogP contribution in [0.25, 0.3) is 73.7 Å². The zero-order chi connectivity index (χ0) is 33.7. The third-order valence-corrected chi connectivity index (χ3v) is 12.1. The molecule has 240 valence electrons. The first-order valence-electron chi connectivity index (χ1n) is 17.2. The van der Waals surface area contributed by atoms with Crippen molar-refractivity contribution in [2.75, 3.05) is 4.90 Å². The van der Waals surface area contributed by atoms with Gasteiger partial charge in [0.1, 0.15) is 0 Å². The van der Waals surface area contributed by atoms with Gasteiger partial charge in [-0.15, -0.1) is 22.7 Å². The number of hydrogen-bond donors (Lipinski definition) is 0. The zero-order valence-electron chi connectivity index (χ0n) is 27.7. The highest BCUT2D eigenvalue weighted by atomic mass is 32.1. The number of anilines is 3. The lowest BCUT2D eigenvalue weighted by atomic mass is 10.00. The van der Waals surface area contributed by atoms with Crippen LogP contribution in [-0.4, -0.2) is 0 Å². The fourth-order valence-electron chi connectivity index (χ4n) is 7.36. The molecule has 3 heteroatoms. The van der Waals surface area contributed by atoms with Gasteiger partial charge in [0.25, 0.3) is 0 Å². The first kappa shape index (κ1) is 29.9. The monoisotopic (exact) mass is 685 g/mol. The lowest BCUT2D eigenvalue weighted by Crippen LogP contribution is -2.10. The predicted molar refractivity (Wildman–Crippen MR) is 223 cm³/mol. The van der Waals surface area contributed by atoms with E-state index in [4.69, 9.17) is 0 Å². The molecule has 0 spiro atoms. The molecule has 0 radical (unpaired) electrons. The van der Waals surface area contributed by atoms with Gasteiger partial charge in [0.05, 0.1) is 0 Å². The van der Waals surface area contributed by atoms with E-state index in [-0.39, 0.29) is 0 Å². The summed E-state index contributed by atoms with van der Waals surface area (Å²) in [6.45, 7) is 0. The molecule has 0 saturated heterocycles. The van der Waals surface area contributed by atoms with E-state index in [1.54, 1.807) is 0 Å². The molecule has 0 fully saturated rings. The van der Waals surface area contributed by atoms with Crippen molar-refractivity contribution in [3.8, 4) is 33.4 Å². The molecule has 8 aromatic carbocycles. The summed E-state index contributed by atoms with van der Waals surface area (Å²) < 4.78 is 5.30. The minimum absolute atomic E-state index is 1.12. The van der Waals surface area contributed by atoms with E-state index in [1.165, 1.54) is 73.7 Å². The summed E-state index contributed by atoms with van der Waals surface area (Å²) in [7, 11) is 0. The third kappa shape index (κ3) is 5.39. The highest BCUT2D eigenvalue weighted by Gasteiger charge is 2.17. The zero-order valence-corrected chi connectivity index (χ0v) is 29.3. The summed E-state index contributed by atoms with van der Waals surface area (Å²) in [5.74, 6) is 0. The van der Waals surface area contributed by atoms with Crippen LogP contribution in [0.1, 0.15) is 0 Å². The Balaban J connectivity index is 1.12. The van der Waals surface area contributed by atoms with Gasteiger partial charge in [-0.2, -0.15) is 0 Å². The predicted octanol–water partition coefficient (Wildman–Crippen LogP) is 14.9. The van der Waals surface area contributed by atoms with Gasteiger partial charge in [-0.1, -0.05) is 115 Å². The Labute approximate surface area is 304 Å². The van der Waals surface area contributed by atoms with Crippen molar-refractivity contribution in [3.05, 3.63) is 188 Å². The number of thiophene rings is 2.